The molecule has 1 saturated heterocycles. The average molecular weight is 126 g/mol. The summed E-state index contributed by atoms with van der Waals surface area (Å²) in [5, 5.41) is 3.47. The molecule has 1 N–H and O–H groups in total. The second kappa shape index (κ2) is 3.11. The SMILES string of the molecule is CC[CH+]C1CC(CC)N1. The van der Waals surface area contributed by atoms with Crippen LogP contribution in [0.25, 0.3) is 0 Å². The van der Waals surface area contributed by atoms with Gasteiger partial charge >= 0.3 is 0 Å². The highest BCUT2D eigenvalue weighted by molar-refractivity contribution is 4.95. The maximum atomic E-state index is 3.47. The highest BCUT2D eigenvalue weighted by atomic mass is 15.0. The first-order chi connectivity index (χ1) is 4.36. The molecule has 0 radical (unpaired) electrons. The molecule has 52 valence electrons. The van der Waals surface area contributed by atoms with Crippen LogP contribution in [0.15, 0.2) is 0 Å². The third-order valence-corrected chi connectivity index (χ3v) is 2.00. The number of nitrogens with one attached hydrogen (secondary N) is 1. The van der Waals surface area contributed by atoms with Crippen molar-refractivity contribution >= 4 is 0 Å². The maximum absolute atomic E-state index is 3.47. The molecule has 0 aromatic carbocycles. The van der Waals surface area contributed by atoms with Crippen LogP contribution in [0.5, 0.6) is 0 Å². The fourth-order valence-corrected chi connectivity index (χ4v) is 1.32. The first-order valence-electron chi connectivity index (χ1n) is 3.96. The Morgan fingerprint density at radius 2 is 2.22 bits per heavy atom. The lowest BCUT2D eigenvalue weighted by Crippen LogP contribution is -2.51. The molecular weight excluding hydrogens is 110 g/mol. The summed E-state index contributed by atoms with van der Waals surface area (Å²) in [5.74, 6) is 0. The third-order valence-electron chi connectivity index (χ3n) is 2.00. The van der Waals surface area contributed by atoms with Crippen molar-refractivity contribution in [3.8, 4) is 0 Å². The molecule has 2 unspecified atom stereocenters. The van der Waals surface area contributed by atoms with Gasteiger partial charge < -0.3 is 0 Å². The Kier molecular flexibility index (Phi) is 2.40. The molecule has 1 rings (SSSR count). The number of hydrogen-bond acceptors (Lipinski definition) is 1. The Balaban J connectivity index is 1.98. The quantitative estimate of drug-likeness (QED) is 0.568. The van der Waals surface area contributed by atoms with Gasteiger partial charge in [-0.1, -0.05) is 6.92 Å². The molecule has 0 spiro atoms. The Morgan fingerprint density at radius 1 is 1.56 bits per heavy atom. The lowest BCUT2D eigenvalue weighted by molar-refractivity contribution is 0.282. The van der Waals surface area contributed by atoms with Gasteiger partial charge in [0.05, 0.1) is 12.8 Å². The van der Waals surface area contributed by atoms with E-state index in [1.54, 1.807) is 0 Å². The predicted molar refractivity (Wildman–Crippen MR) is 40.2 cm³/mol. The largest absolute Gasteiger partial charge is 0.274 e. The highest BCUT2D eigenvalue weighted by Crippen LogP contribution is 2.17. The van der Waals surface area contributed by atoms with E-state index in [0.717, 1.165) is 12.1 Å². The molecule has 0 bridgehead atoms. The van der Waals surface area contributed by atoms with E-state index in [1.165, 1.54) is 19.3 Å². The summed E-state index contributed by atoms with van der Waals surface area (Å²) in [6.07, 6.45) is 6.21. The first kappa shape index (κ1) is 6.94. The molecule has 0 saturated carbocycles. The average Bonchev–Trinajstić information content (AvgIpc) is 1.77. The van der Waals surface area contributed by atoms with Crippen molar-refractivity contribution in [2.75, 3.05) is 0 Å². The van der Waals surface area contributed by atoms with E-state index in [2.05, 4.69) is 25.6 Å². The molecule has 1 aliphatic heterocycles. The first-order valence-corrected chi connectivity index (χ1v) is 3.96. The molecule has 9 heavy (non-hydrogen) atoms. The molecular formula is C8H16N+. The van der Waals surface area contributed by atoms with Crippen molar-refractivity contribution in [1.82, 2.24) is 5.32 Å². The van der Waals surface area contributed by atoms with Crippen molar-refractivity contribution in [1.29, 1.82) is 0 Å². The summed E-state index contributed by atoms with van der Waals surface area (Å²) < 4.78 is 0. The standard InChI is InChI=1S/C8H16N/c1-3-5-8-6-7(4-2)9-8/h5,7-9H,3-4,6H2,1-2H3/q+1. The molecule has 0 aliphatic carbocycles. The van der Waals surface area contributed by atoms with Crippen LogP contribution in [-0.4, -0.2) is 12.1 Å². The van der Waals surface area contributed by atoms with Gasteiger partial charge in [0.15, 0.2) is 6.04 Å². The van der Waals surface area contributed by atoms with Crippen LogP contribution in [0.3, 0.4) is 0 Å². The molecule has 0 aromatic rings. The lowest BCUT2D eigenvalue weighted by atomic mass is 9.92. The maximum Gasteiger partial charge on any atom is 0.150 e. The smallest absolute Gasteiger partial charge is 0.150 e. The van der Waals surface area contributed by atoms with Crippen molar-refractivity contribution in [3.05, 3.63) is 6.42 Å². The van der Waals surface area contributed by atoms with Crippen LogP contribution in [0, 0.1) is 6.42 Å². The minimum atomic E-state index is 0.736. The van der Waals surface area contributed by atoms with Crippen LogP contribution < -0.4 is 5.32 Å². The van der Waals surface area contributed by atoms with Gasteiger partial charge in [-0.3, -0.25) is 5.32 Å². The molecule has 0 aromatic heterocycles. The van der Waals surface area contributed by atoms with Gasteiger partial charge in [-0.25, -0.2) is 0 Å². The summed E-state index contributed by atoms with van der Waals surface area (Å²) in [7, 11) is 0. The number of hydrogen-bond donors (Lipinski definition) is 1. The molecule has 1 aliphatic rings. The second-order valence-electron chi connectivity index (χ2n) is 2.76. The molecule has 0 amide bonds. The molecule has 1 nitrogen and oxygen atoms in total. The van der Waals surface area contributed by atoms with Gasteiger partial charge in [-0.05, 0) is 13.3 Å². The predicted octanol–water partition coefficient (Wildman–Crippen LogP) is 1.74. The monoisotopic (exact) mass is 126 g/mol. The number of rotatable bonds is 3. The highest BCUT2D eigenvalue weighted by Gasteiger charge is 2.31. The van der Waals surface area contributed by atoms with Gasteiger partial charge in [0, 0.05) is 12.5 Å². The van der Waals surface area contributed by atoms with E-state index >= 15 is 0 Å². The summed E-state index contributed by atoms with van der Waals surface area (Å²) >= 11 is 0. The molecule has 1 fully saturated rings. The van der Waals surface area contributed by atoms with E-state index in [1.807, 2.05) is 0 Å². The lowest BCUT2D eigenvalue weighted by Gasteiger charge is -2.30. The Bertz CT molecular complexity index is 74.6. The van der Waals surface area contributed by atoms with Crippen LogP contribution in [0.2, 0.25) is 0 Å². The van der Waals surface area contributed by atoms with Crippen molar-refractivity contribution in [3.63, 3.8) is 0 Å². The van der Waals surface area contributed by atoms with Crippen molar-refractivity contribution in [2.24, 2.45) is 0 Å². The summed E-state index contributed by atoms with van der Waals surface area (Å²) in [6.45, 7) is 4.43. The summed E-state index contributed by atoms with van der Waals surface area (Å²) in [6, 6.07) is 1.55. The minimum Gasteiger partial charge on any atom is -0.274 e. The van der Waals surface area contributed by atoms with Gasteiger partial charge in [-0.15, -0.1) is 0 Å². The fraction of sp³-hybridized carbons (Fsp3) is 0.875. The Labute approximate surface area is 57.8 Å². The zero-order valence-corrected chi connectivity index (χ0v) is 6.35. The van der Waals surface area contributed by atoms with E-state index in [4.69, 9.17) is 0 Å². The van der Waals surface area contributed by atoms with Gasteiger partial charge in [0.2, 0.25) is 0 Å². The summed E-state index contributed by atoms with van der Waals surface area (Å²) in [5.41, 5.74) is 0. The van der Waals surface area contributed by atoms with E-state index in [-0.39, 0.29) is 0 Å². The van der Waals surface area contributed by atoms with E-state index < -0.39 is 0 Å². The van der Waals surface area contributed by atoms with Crippen LogP contribution in [0.4, 0.5) is 0 Å². The third kappa shape index (κ3) is 1.62. The van der Waals surface area contributed by atoms with Crippen LogP contribution in [0.1, 0.15) is 33.1 Å². The van der Waals surface area contributed by atoms with Crippen molar-refractivity contribution < 1.29 is 0 Å². The Hall–Kier alpha value is -0.170. The minimum absolute atomic E-state index is 0.736. The molecule has 2 atom stereocenters. The van der Waals surface area contributed by atoms with Gasteiger partial charge in [-0.2, -0.15) is 0 Å². The van der Waals surface area contributed by atoms with E-state index in [0.29, 0.717) is 0 Å². The zero-order chi connectivity index (χ0) is 6.69. The van der Waals surface area contributed by atoms with Crippen molar-refractivity contribution in [2.45, 2.75) is 45.2 Å². The zero-order valence-electron chi connectivity index (χ0n) is 6.35. The van der Waals surface area contributed by atoms with Gasteiger partial charge in [0.25, 0.3) is 0 Å². The second-order valence-corrected chi connectivity index (χ2v) is 2.76. The molecule has 1 heteroatoms. The Morgan fingerprint density at radius 3 is 2.67 bits per heavy atom. The topological polar surface area (TPSA) is 12.0 Å². The fourth-order valence-electron chi connectivity index (χ4n) is 1.32. The summed E-state index contributed by atoms with van der Waals surface area (Å²) in [4.78, 5) is 0. The van der Waals surface area contributed by atoms with Crippen LogP contribution in [-0.2, 0) is 0 Å². The normalized spacial score (nSPS) is 33.6. The van der Waals surface area contributed by atoms with Crippen LogP contribution >= 0.6 is 0 Å². The van der Waals surface area contributed by atoms with Gasteiger partial charge in [0.1, 0.15) is 0 Å². The molecule has 1 heterocycles. The van der Waals surface area contributed by atoms with E-state index in [9.17, 15) is 0 Å².